The average molecular weight is 348 g/mol. The minimum Gasteiger partial charge on any atom is -0.395 e. The van der Waals surface area contributed by atoms with Gasteiger partial charge in [-0.25, -0.2) is 0 Å². The smallest absolute Gasteiger partial charge is 0.0721 e. The monoisotopic (exact) mass is 348 g/mol. The number of piperidine rings is 1. The third-order valence-electron chi connectivity index (χ3n) is 6.14. The number of aliphatic hydroxyl groups is 3. The van der Waals surface area contributed by atoms with Crippen LogP contribution in [-0.4, -0.2) is 82.7 Å². The van der Waals surface area contributed by atoms with Crippen molar-refractivity contribution in [2.24, 2.45) is 0 Å². The third-order valence-corrected chi connectivity index (χ3v) is 6.14. The molecule has 0 unspecified atom stereocenters. The summed E-state index contributed by atoms with van der Waals surface area (Å²) in [6.07, 6.45) is 2.42. The van der Waals surface area contributed by atoms with Crippen LogP contribution in [0.25, 0.3) is 0 Å². The predicted molar refractivity (Wildman–Crippen MR) is 98.5 cm³/mol. The summed E-state index contributed by atoms with van der Waals surface area (Å²) >= 11 is 0. The van der Waals surface area contributed by atoms with Gasteiger partial charge in [-0.15, -0.1) is 0 Å². The van der Waals surface area contributed by atoms with Crippen LogP contribution in [0.2, 0.25) is 0 Å². The molecular weight excluding hydrogens is 316 g/mol. The van der Waals surface area contributed by atoms with Crippen molar-refractivity contribution in [2.45, 2.75) is 55.9 Å². The Kier molecular flexibility index (Phi) is 6.47. The van der Waals surface area contributed by atoms with Crippen molar-refractivity contribution in [3.63, 3.8) is 0 Å². The van der Waals surface area contributed by atoms with E-state index in [4.69, 9.17) is 0 Å². The van der Waals surface area contributed by atoms with Crippen molar-refractivity contribution in [1.29, 1.82) is 0 Å². The summed E-state index contributed by atoms with van der Waals surface area (Å²) in [5, 5.41) is 30.1. The van der Waals surface area contributed by atoms with Crippen LogP contribution < -0.4 is 0 Å². The highest BCUT2D eigenvalue weighted by Gasteiger charge is 2.40. The SMILES string of the molecule is CN(CCO)[C@@H]1C[C@@H](N2CCC(c3ccccc3)CC2)[C@H](O)C[C@H]1O. The highest BCUT2D eigenvalue weighted by molar-refractivity contribution is 5.20. The van der Waals surface area contributed by atoms with Crippen LogP contribution in [0.5, 0.6) is 0 Å². The van der Waals surface area contributed by atoms with Crippen LogP contribution in [-0.2, 0) is 0 Å². The van der Waals surface area contributed by atoms with Gasteiger partial charge in [0.1, 0.15) is 0 Å². The lowest BCUT2D eigenvalue weighted by molar-refractivity contribution is -0.0732. The molecule has 0 spiro atoms. The lowest BCUT2D eigenvalue weighted by Crippen LogP contribution is -2.58. The number of aliphatic hydroxyl groups excluding tert-OH is 3. The molecule has 2 aliphatic rings. The Morgan fingerprint density at radius 2 is 1.72 bits per heavy atom. The van der Waals surface area contributed by atoms with Crippen LogP contribution in [0.1, 0.15) is 37.2 Å². The Hall–Kier alpha value is -0.980. The summed E-state index contributed by atoms with van der Waals surface area (Å²) in [6, 6.07) is 10.8. The number of benzene rings is 1. The van der Waals surface area contributed by atoms with E-state index in [1.165, 1.54) is 5.56 Å². The largest absolute Gasteiger partial charge is 0.395 e. The molecule has 1 aliphatic heterocycles. The van der Waals surface area contributed by atoms with Gasteiger partial charge in [-0.3, -0.25) is 9.80 Å². The molecule has 1 heterocycles. The van der Waals surface area contributed by atoms with Gasteiger partial charge >= 0.3 is 0 Å². The van der Waals surface area contributed by atoms with Gasteiger partial charge in [0.25, 0.3) is 0 Å². The maximum absolute atomic E-state index is 10.5. The fraction of sp³-hybridized carbons (Fsp3) is 0.700. The number of hydrogen-bond acceptors (Lipinski definition) is 5. The maximum Gasteiger partial charge on any atom is 0.0721 e. The Balaban J connectivity index is 1.59. The third kappa shape index (κ3) is 4.41. The van der Waals surface area contributed by atoms with Crippen molar-refractivity contribution in [2.75, 3.05) is 33.3 Å². The van der Waals surface area contributed by atoms with E-state index in [1.54, 1.807) is 0 Å². The molecule has 3 rings (SSSR count). The van der Waals surface area contributed by atoms with Crippen molar-refractivity contribution < 1.29 is 15.3 Å². The summed E-state index contributed by atoms with van der Waals surface area (Å²) < 4.78 is 0. The Morgan fingerprint density at radius 3 is 2.36 bits per heavy atom. The van der Waals surface area contributed by atoms with Crippen molar-refractivity contribution in [3.8, 4) is 0 Å². The first-order valence-corrected chi connectivity index (χ1v) is 9.56. The second-order valence-electron chi connectivity index (χ2n) is 7.67. The second-order valence-corrected chi connectivity index (χ2v) is 7.67. The molecule has 5 nitrogen and oxygen atoms in total. The molecule has 0 aromatic heterocycles. The standard InChI is InChI=1S/C20H32N2O3/c1-21(11-12-23)17-13-18(20(25)14-19(17)24)22-9-7-16(8-10-22)15-5-3-2-4-6-15/h2-6,16-20,23-25H,7-14H2,1H3/t17-,18-,19-,20-/m1/s1. The number of likely N-dealkylation sites (tertiary alicyclic amines) is 1. The first kappa shape index (κ1) is 18.8. The zero-order valence-electron chi connectivity index (χ0n) is 15.2. The Morgan fingerprint density at radius 1 is 1.04 bits per heavy atom. The maximum atomic E-state index is 10.5. The molecule has 4 atom stereocenters. The molecular formula is C20H32N2O3. The molecule has 140 valence electrons. The van der Waals surface area contributed by atoms with Gasteiger partial charge in [-0.2, -0.15) is 0 Å². The number of rotatable bonds is 5. The quantitative estimate of drug-likeness (QED) is 0.742. The summed E-state index contributed by atoms with van der Waals surface area (Å²) in [5.41, 5.74) is 1.42. The van der Waals surface area contributed by atoms with Gasteiger partial charge in [-0.05, 0) is 50.9 Å². The van der Waals surface area contributed by atoms with Crippen molar-refractivity contribution >= 4 is 0 Å². The highest BCUT2D eigenvalue weighted by atomic mass is 16.3. The van der Waals surface area contributed by atoms with Crippen molar-refractivity contribution in [3.05, 3.63) is 35.9 Å². The summed E-state index contributed by atoms with van der Waals surface area (Å²) in [7, 11) is 1.94. The van der Waals surface area contributed by atoms with E-state index < -0.39 is 12.2 Å². The molecule has 1 aromatic rings. The number of likely N-dealkylation sites (N-methyl/N-ethyl adjacent to an activating group) is 1. The van der Waals surface area contributed by atoms with E-state index in [0.717, 1.165) is 32.4 Å². The molecule has 1 aliphatic carbocycles. The molecule has 2 fully saturated rings. The van der Waals surface area contributed by atoms with Crippen LogP contribution in [0.3, 0.4) is 0 Å². The second kappa shape index (κ2) is 8.60. The van der Waals surface area contributed by atoms with Crippen molar-refractivity contribution in [1.82, 2.24) is 9.80 Å². The molecule has 1 saturated carbocycles. The molecule has 0 bridgehead atoms. The highest BCUT2D eigenvalue weighted by Crippen LogP contribution is 2.33. The number of hydrogen-bond donors (Lipinski definition) is 3. The number of nitrogens with zero attached hydrogens (tertiary/aromatic N) is 2. The molecule has 0 amide bonds. The van der Waals surface area contributed by atoms with Crippen LogP contribution >= 0.6 is 0 Å². The van der Waals surface area contributed by atoms with E-state index in [9.17, 15) is 15.3 Å². The van der Waals surface area contributed by atoms with Crippen LogP contribution in [0.4, 0.5) is 0 Å². The molecule has 25 heavy (non-hydrogen) atoms. The Bertz CT molecular complexity index is 515. The van der Waals surface area contributed by atoms with Crippen LogP contribution in [0.15, 0.2) is 30.3 Å². The lowest BCUT2D eigenvalue weighted by Gasteiger charge is -2.47. The summed E-state index contributed by atoms with van der Waals surface area (Å²) in [4.78, 5) is 4.44. The molecule has 5 heteroatoms. The predicted octanol–water partition coefficient (Wildman–Crippen LogP) is 1.04. The zero-order chi connectivity index (χ0) is 17.8. The van der Waals surface area contributed by atoms with Crippen LogP contribution in [0, 0.1) is 0 Å². The molecule has 0 radical (unpaired) electrons. The van der Waals surface area contributed by atoms with Gasteiger partial charge < -0.3 is 15.3 Å². The lowest BCUT2D eigenvalue weighted by atomic mass is 9.82. The average Bonchev–Trinajstić information content (AvgIpc) is 2.63. The first-order valence-electron chi connectivity index (χ1n) is 9.56. The van der Waals surface area contributed by atoms with E-state index in [2.05, 4.69) is 35.2 Å². The minimum absolute atomic E-state index is 0.00685. The fourth-order valence-corrected chi connectivity index (χ4v) is 4.60. The normalized spacial score (nSPS) is 32.2. The van der Waals surface area contributed by atoms with Gasteiger partial charge in [-0.1, -0.05) is 30.3 Å². The van der Waals surface area contributed by atoms with E-state index in [-0.39, 0.29) is 18.7 Å². The fourth-order valence-electron chi connectivity index (χ4n) is 4.60. The van der Waals surface area contributed by atoms with E-state index in [1.807, 2.05) is 11.9 Å². The first-order chi connectivity index (χ1) is 12.1. The molecule has 1 saturated heterocycles. The minimum atomic E-state index is -0.523. The van der Waals surface area contributed by atoms with Gasteiger partial charge in [0.15, 0.2) is 0 Å². The van der Waals surface area contributed by atoms with Gasteiger partial charge in [0.2, 0.25) is 0 Å². The van der Waals surface area contributed by atoms with Gasteiger partial charge in [0, 0.05) is 25.0 Å². The molecule has 1 aromatic carbocycles. The summed E-state index contributed by atoms with van der Waals surface area (Å²) in [6.45, 7) is 2.64. The van der Waals surface area contributed by atoms with E-state index in [0.29, 0.717) is 18.9 Å². The Labute approximate surface area is 150 Å². The van der Waals surface area contributed by atoms with Gasteiger partial charge in [0.05, 0.1) is 18.8 Å². The van der Waals surface area contributed by atoms with E-state index >= 15 is 0 Å². The topological polar surface area (TPSA) is 67.2 Å². The summed E-state index contributed by atoms with van der Waals surface area (Å²) in [5.74, 6) is 0.608. The molecule has 3 N–H and O–H groups in total. The zero-order valence-corrected chi connectivity index (χ0v) is 15.2.